The molecule has 0 saturated carbocycles. The molecule has 5 heteroatoms. The van der Waals surface area contributed by atoms with Crippen molar-refractivity contribution >= 4 is 34.4 Å². The van der Waals surface area contributed by atoms with Crippen molar-refractivity contribution < 1.29 is 0 Å². The number of aromatic amines is 1. The molecule has 1 heterocycles. The van der Waals surface area contributed by atoms with Crippen LogP contribution in [-0.4, -0.2) is 9.97 Å². The van der Waals surface area contributed by atoms with E-state index in [4.69, 9.17) is 0 Å². The fraction of sp³-hybridized carbons (Fsp3) is 0.231. The molecule has 1 aromatic heterocycles. The number of nitrogens with zero attached hydrogens (tertiary/aromatic N) is 1. The maximum Gasteiger partial charge on any atom is 0.264 e. The van der Waals surface area contributed by atoms with Gasteiger partial charge in [0.1, 0.15) is 5.82 Å². The molecule has 0 aliphatic carbocycles. The summed E-state index contributed by atoms with van der Waals surface area (Å²) in [5.41, 5.74) is 1.98. The van der Waals surface area contributed by atoms with Gasteiger partial charge in [-0.05, 0) is 48.1 Å². The van der Waals surface area contributed by atoms with Gasteiger partial charge in [0.15, 0.2) is 0 Å². The van der Waals surface area contributed by atoms with Gasteiger partial charge in [-0.3, -0.25) is 4.79 Å². The molecule has 0 atom stereocenters. The molecule has 0 bridgehead atoms. The average Bonchev–Trinajstić information content (AvgIpc) is 2.35. The predicted octanol–water partition coefficient (Wildman–Crippen LogP) is 3.28. The maximum atomic E-state index is 11.6. The highest BCUT2D eigenvalue weighted by atomic mass is 127. The molecule has 94 valence electrons. The van der Waals surface area contributed by atoms with Crippen molar-refractivity contribution in [3.05, 3.63) is 55.3 Å². The Morgan fingerprint density at radius 2 is 2.06 bits per heavy atom. The van der Waals surface area contributed by atoms with Gasteiger partial charge in [0, 0.05) is 4.90 Å². The van der Waals surface area contributed by atoms with E-state index in [0.29, 0.717) is 9.32 Å². The number of benzene rings is 1. The van der Waals surface area contributed by atoms with E-state index in [9.17, 15) is 4.79 Å². The Morgan fingerprint density at radius 3 is 2.72 bits per heavy atom. The second kappa shape index (κ2) is 5.88. The first kappa shape index (κ1) is 13.6. The summed E-state index contributed by atoms with van der Waals surface area (Å²) in [4.78, 5) is 20.1. The third-order valence-corrected chi connectivity index (χ3v) is 4.99. The highest BCUT2D eigenvalue weighted by Crippen LogP contribution is 2.24. The molecular formula is C13H13IN2OS. The Kier molecular flexibility index (Phi) is 4.45. The first-order chi connectivity index (χ1) is 8.58. The molecule has 1 aromatic carbocycles. The van der Waals surface area contributed by atoms with Gasteiger partial charge in [-0.15, -0.1) is 11.8 Å². The van der Waals surface area contributed by atoms with E-state index in [2.05, 4.69) is 29.0 Å². The smallest absolute Gasteiger partial charge is 0.264 e. The number of hydrogen-bond donors (Lipinski definition) is 1. The molecule has 18 heavy (non-hydrogen) atoms. The van der Waals surface area contributed by atoms with Gasteiger partial charge in [0.2, 0.25) is 0 Å². The Labute approximate surface area is 124 Å². The van der Waals surface area contributed by atoms with Gasteiger partial charge in [0.05, 0.1) is 15.0 Å². The molecule has 0 amide bonds. The summed E-state index contributed by atoms with van der Waals surface area (Å²) in [5.74, 6) is 1.41. The molecule has 0 aliphatic rings. The maximum absolute atomic E-state index is 11.6. The normalized spacial score (nSPS) is 10.6. The number of nitrogens with one attached hydrogen (secondary N) is 1. The standard InChI is InChI=1S/C13H13IN2OS/c1-8-5-3-4-6-10(8)18-7-11-15-9(2)12(14)13(17)16-11/h3-6H,7H2,1-2H3,(H,15,16,17). The number of aromatic nitrogens is 2. The molecule has 3 nitrogen and oxygen atoms in total. The average molecular weight is 372 g/mol. The second-order valence-corrected chi connectivity index (χ2v) is 6.06. The van der Waals surface area contributed by atoms with Gasteiger partial charge >= 0.3 is 0 Å². The number of aryl methyl sites for hydroxylation is 2. The van der Waals surface area contributed by atoms with Crippen LogP contribution in [0.15, 0.2) is 34.0 Å². The predicted molar refractivity (Wildman–Crippen MR) is 83.1 cm³/mol. The van der Waals surface area contributed by atoms with Crippen LogP contribution in [0.25, 0.3) is 0 Å². The van der Waals surface area contributed by atoms with Gasteiger partial charge < -0.3 is 4.98 Å². The first-order valence-corrected chi connectivity index (χ1v) is 7.58. The molecule has 0 saturated heterocycles. The largest absolute Gasteiger partial charge is 0.309 e. The lowest BCUT2D eigenvalue weighted by atomic mass is 10.2. The van der Waals surface area contributed by atoms with Crippen molar-refractivity contribution in [3.8, 4) is 0 Å². The Morgan fingerprint density at radius 1 is 1.33 bits per heavy atom. The monoisotopic (exact) mass is 372 g/mol. The molecule has 0 fully saturated rings. The molecule has 2 rings (SSSR count). The zero-order valence-electron chi connectivity index (χ0n) is 10.2. The van der Waals surface area contributed by atoms with Gasteiger partial charge in [-0.25, -0.2) is 4.98 Å². The fourth-order valence-corrected chi connectivity index (χ4v) is 2.72. The SMILES string of the molecule is Cc1ccccc1SCc1nc(C)c(I)c(=O)[nH]1. The third kappa shape index (κ3) is 3.14. The first-order valence-electron chi connectivity index (χ1n) is 5.51. The summed E-state index contributed by atoms with van der Waals surface area (Å²) in [5, 5.41) is 0. The lowest BCUT2D eigenvalue weighted by molar-refractivity contribution is 0.952. The molecule has 0 unspecified atom stereocenters. The van der Waals surface area contributed by atoms with Crippen LogP contribution in [0.2, 0.25) is 0 Å². The zero-order chi connectivity index (χ0) is 13.1. The molecular weight excluding hydrogens is 359 g/mol. The third-order valence-electron chi connectivity index (χ3n) is 2.54. The molecule has 0 radical (unpaired) electrons. The van der Waals surface area contributed by atoms with Crippen molar-refractivity contribution in [2.75, 3.05) is 0 Å². The minimum atomic E-state index is -0.0523. The van der Waals surface area contributed by atoms with Crippen LogP contribution in [0.4, 0.5) is 0 Å². The number of thioether (sulfide) groups is 1. The van der Waals surface area contributed by atoms with E-state index in [1.54, 1.807) is 11.8 Å². The zero-order valence-corrected chi connectivity index (χ0v) is 13.1. The quantitative estimate of drug-likeness (QED) is 0.665. The number of H-pyrrole nitrogens is 1. The van der Waals surface area contributed by atoms with Crippen molar-refractivity contribution in [2.24, 2.45) is 0 Å². The van der Waals surface area contributed by atoms with Crippen LogP contribution < -0.4 is 5.56 Å². The van der Waals surface area contributed by atoms with Crippen molar-refractivity contribution in [1.29, 1.82) is 0 Å². The number of hydrogen-bond acceptors (Lipinski definition) is 3. The van der Waals surface area contributed by atoms with Crippen LogP contribution in [0, 0.1) is 17.4 Å². The fourth-order valence-electron chi connectivity index (χ4n) is 1.56. The van der Waals surface area contributed by atoms with Crippen molar-refractivity contribution in [3.63, 3.8) is 0 Å². The van der Waals surface area contributed by atoms with Crippen molar-refractivity contribution in [1.82, 2.24) is 9.97 Å². The van der Waals surface area contributed by atoms with E-state index in [1.165, 1.54) is 10.5 Å². The van der Waals surface area contributed by atoms with Crippen LogP contribution >= 0.6 is 34.4 Å². The summed E-state index contributed by atoms with van der Waals surface area (Å²) in [6.07, 6.45) is 0. The van der Waals surface area contributed by atoms with Crippen LogP contribution in [0.3, 0.4) is 0 Å². The summed E-state index contributed by atoms with van der Waals surface area (Å²) >= 11 is 3.71. The number of halogens is 1. The minimum absolute atomic E-state index is 0.0523. The molecule has 2 aromatic rings. The second-order valence-electron chi connectivity index (χ2n) is 3.97. The summed E-state index contributed by atoms with van der Waals surface area (Å²) < 4.78 is 0.664. The van der Waals surface area contributed by atoms with Gasteiger partial charge in [0.25, 0.3) is 5.56 Å². The topological polar surface area (TPSA) is 45.8 Å². The lowest BCUT2D eigenvalue weighted by Gasteiger charge is -2.05. The van der Waals surface area contributed by atoms with Crippen LogP contribution in [-0.2, 0) is 5.75 Å². The van der Waals surface area contributed by atoms with E-state index in [0.717, 1.165) is 11.5 Å². The summed E-state index contributed by atoms with van der Waals surface area (Å²) in [7, 11) is 0. The van der Waals surface area contributed by atoms with Crippen LogP contribution in [0.1, 0.15) is 17.1 Å². The van der Waals surface area contributed by atoms with Gasteiger partial charge in [-0.1, -0.05) is 18.2 Å². The molecule has 0 aliphatic heterocycles. The van der Waals surface area contributed by atoms with E-state index >= 15 is 0 Å². The number of rotatable bonds is 3. The van der Waals surface area contributed by atoms with E-state index < -0.39 is 0 Å². The van der Waals surface area contributed by atoms with Gasteiger partial charge in [-0.2, -0.15) is 0 Å². The highest BCUT2D eigenvalue weighted by molar-refractivity contribution is 14.1. The van der Waals surface area contributed by atoms with Crippen molar-refractivity contribution in [2.45, 2.75) is 24.5 Å². The lowest BCUT2D eigenvalue weighted by Crippen LogP contribution is -2.16. The molecule has 1 N–H and O–H groups in total. The minimum Gasteiger partial charge on any atom is -0.309 e. The Balaban J connectivity index is 2.17. The Hall–Kier alpha value is -0.820. The van der Waals surface area contributed by atoms with Crippen LogP contribution in [0.5, 0.6) is 0 Å². The molecule has 0 spiro atoms. The summed E-state index contributed by atoms with van der Waals surface area (Å²) in [6, 6.07) is 8.20. The van der Waals surface area contributed by atoms with E-state index in [-0.39, 0.29) is 5.56 Å². The van der Waals surface area contributed by atoms with E-state index in [1.807, 2.05) is 41.6 Å². The summed E-state index contributed by atoms with van der Waals surface area (Å²) in [6.45, 7) is 3.94. The highest BCUT2D eigenvalue weighted by Gasteiger charge is 2.06. The Bertz CT molecular complexity index is 625.